The Morgan fingerprint density at radius 1 is 1.42 bits per heavy atom. The standard InChI is InChI=1S/C14H18FNO3/c1-9-7-14(13(17)18,8-10(2)19-9)16-12-5-3-4-11(15)6-12/h3-6,9-10,16H,7-8H2,1-2H3,(H,17,18). The predicted molar refractivity (Wildman–Crippen MR) is 69.6 cm³/mol. The smallest absolute Gasteiger partial charge is 0.329 e. The molecule has 19 heavy (non-hydrogen) atoms. The average Bonchev–Trinajstić information content (AvgIpc) is 2.27. The number of carboxylic acid groups (broad SMARTS) is 1. The number of halogens is 1. The molecule has 1 aromatic rings. The van der Waals surface area contributed by atoms with Gasteiger partial charge in [-0.3, -0.25) is 0 Å². The molecule has 1 fully saturated rings. The molecular weight excluding hydrogens is 249 g/mol. The van der Waals surface area contributed by atoms with Crippen LogP contribution in [0.3, 0.4) is 0 Å². The van der Waals surface area contributed by atoms with Crippen LogP contribution in [0.1, 0.15) is 26.7 Å². The summed E-state index contributed by atoms with van der Waals surface area (Å²) >= 11 is 0. The number of anilines is 1. The minimum Gasteiger partial charge on any atom is -0.480 e. The second-order valence-electron chi connectivity index (χ2n) is 5.19. The van der Waals surface area contributed by atoms with Gasteiger partial charge in [-0.05, 0) is 32.0 Å². The number of ether oxygens (including phenoxy) is 1. The number of hydrogen-bond acceptors (Lipinski definition) is 3. The summed E-state index contributed by atoms with van der Waals surface area (Å²) in [7, 11) is 0. The summed E-state index contributed by atoms with van der Waals surface area (Å²) < 4.78 is 18.8. The topological polar surface area (TPSA) is 58.6 Å². The Balaban J connectivity index is 2.27. The van der Waals surface area contributed by atoms with Gasteiger partial charge in [0.05, 0.1) is 12.2 Å². The third-order valence-corrected chi connectivity index (χ3v) is 3.35. The maximum atomic E-state index is 13.2. The SMILES string of the molecule is CC1CC(Nc2cccc(F)c2)(C(=O)O)CC(C)O1. The fourth-order valence-electron chi connectivity index (χ4n) is 2.73. The molecule has 5 heteroatoms. The van der Waals surface area contributed by atoms with Crippen LogP contribution in [0.2, 0.25) is 0 Å². The highest BCUT2D eigenvalue weighted by atomic mass is 19.1. The average molecular weight is 267 g/mol. The highest BCUT2D eigenvalue weighted by Crippen LogP contribution is 2.32. The monoisotopic (exact) mass is 267 g/mol. The number of nitrogens with one attached hydrogen (secondary N) is 1. The van der Waals surface area contributed by atoms with Crippen LogP contribution in [0.25, 0.3) is 0 Å². The fourth-order valence-corrected chi connectivity index (χ4v) is 2.73. The van der Waals surface area contributed by atoms with Gasteiger partial charge in [0.15, 0.2) is 0 Å². The molecule has 4 nitrogen and oxygen atoms in total. The van der Waals surface area contributed by atoms with Crippen molar-refractivity contribution in [2.24, 2.45) is 0 Å². The second kappa shape index (κ2) is 5.17. The van der Waals surface area contributed by atoms with Crippen molar-refractivity contribution < 1.29 is 19.0 Å². The van der Waals surface area contributed by atoms with Crippen molar-refractivity contribution in [2.75, 3.05) is 5.32 Å². The molecule has 0 bridgehead atoms. The van der Waals surface area contributed by atoms with Crippen molar-refractivity contribution in [3.05, 3.63) is 30.1 Å². The summed E-state index contributed by atoms with van der Waals surface area (Å²) in [5, 5.41) is 12.5. The van der Waals surface area contributed by atoms with Crippen LogP contribution in [0, 0.1) is 5.82 Å². The van der Waals surface area contributed by atoms with Crippen molar-refractivity contribution in [2.45, 2.75) is 44.4 Å². The van der Waals surface area contributed by atoms with E-state index in [0.717, 1.165) is 0 Å². The molecule has 0 radical (unpaired) electrons. The van der Waals surface area contributed by atoms with Gasteiger partial charge in [-0.1, -0.05) is 6.07 Å². The fraction of sp³-hybridized carbons (Fsp3) is 0.500. The van der Waals surface area contributed by atoms with Gasteiger partial charge in [0.25, 0.3) is 0 Å². The van der Waals surface area contributed by atoms with E-state index < -0.39 is 17.3 Å². The predicted octanol–water partition coefficient (Wildman–Crippen LogP) is 2.65. The zero-order chi connectivity index (χ0) is 14.0. The number of carboxylic acids is 1. The highest BCUT2D eigenvalue weighted by Gasteiger charge is 2.45. The largest absolute Gasteiger partial charge is 0.480 e. The van der Waals surface area contributed by atoms with Gasteiger partial charge in [0.2, 0.25) is 0 Å². The van der Waals surface area contributed by atoms with Crippen molar-refractivity contribution in [1.29, 1.82) is 0 Å². The number of carbonyl (C=O) groups is 1. The van der Waals surface area contributed by atoms with Gasteiger partial charge in [0, 0.05) is 18.5 Å². The van der Waals surface area contributed by atoms with E-state index in [-0.39, 0.29) is 12.2 Å². The van der Waals surface area contributed by atoms with E-state index in [0.29, 0.717) is 18.5 Å². The van der Waals surface area contributed by atoms with E-state index >= 15 is 0 Å². The second-order valence-corrected chi connectivity index (χ2v) is 5.19. The Bertz CT molecular complexity index is 468. The lowest BCUT2D eigenvalue weighted by molar-refractivity contribution is -0.151. The zero-order valence-corrected chi connectivity index (χ0v) is 11.0. The lowest BCUT2D eigenvalue weighted by Crippen LogP contribution is -2.54. The molecular formula is C14H18FNO3. The molecule has 1 saturated heterocycles. The van der Waals surface area contributed by atoms with Crippen LogP contribution in [0.4, 0.5) is 10.1 Å². The first-order chi connectivity index (χ1) is 8.91. The normalized spacial score (nSPS) is 30.9. The van der Waals surface area contributed by atoms with E-state index in [2.05, 4.69) is 5.32 Å². The molecule has 0 aromatic heterocycles. The Morgan fingerprint density at radius 2 is 2.05 bits per heavy atom. The van der Waals surface area contributed by atoms with Crippen LogP contribution in [0.5, 0.6) is 0 Å². The lowest BCUT2D eigenvalue weighted by atomic mass is 9.84. The van der Waals surface area contributed by atoms with Crippen molar-refractivity contribution in [3.63, 3.8) is 0 Å². The molecule has 1 aliphatic rings. The third-order valence-electron chi connectivity index (χ3n) is 3.35. The van der Waals surface area contributed by atoms with Crippen LogP contribution in [-0.4, -0.2) is 28.8 Å². The van der Waals surface area contributed by atoms with E-state index in [9.17, 15) is 14.3 Å². The Kier molecular flexibility index (Phi) is 3.75. The molecule has 1 heterocycles. The van der Waals surface area contributed by atoms with Crippen LogP contribution >= 0.6 is 0 Å². The van der Waals surface area contributed by atoms with Crippen LogP contribution in [0.15, 0.2) is 24.3 Å². The molecule has 2 N–H and O–H groups in total. The van der Waals surface area contributed by atoms with Gasteiger partial charge in [0.1, 0.15) is 11.4 Å². The molecule has 0 aliphatic carbocycles. The van der Waals surface area contributed by atoms with E-state index in [1.165, 1.54) is 12.1 Å². The minimum absolute atomic E-state index is 0.152. The number of rotatable bonds is 3. The number of hydrogen-bond donors (Lipinski definition) is 2. The molecule has 0 saturated carbocycles. The van der Waals surface area contributed by atoms with Gasteiger partial charge < -0.3 is 15.2 Å². The molecule has 2 atom stereocenters. The van der Waals surface area contributed by atoms with Gasteiger partial charge in [-0.25, -0.2) is 9.18 Å². The first kappa shape index (κ1) is 13.8. The zero-order valence-electron chi connectivity index (χ0n) is 11.0. The summed E-state index contributed by atoms with van der Waals surface area (Å²) in [5.41, 5.74) is -0.631. The van der Waals surface area contributed by atoms with E-state index in [1.807, 2.05) is 13.8 Å². The van der Waals surface area contributed by atoms with E-state index in [1.54, 1.807) is 12.1 Å². The first-order valence-electron chi connectivity index (χ1n) is 6.34. The van der Waals surface area contributed by atoms with Crippen LogP contribution in [-0.2, 0) is 9.53 Å². The van der Waals surface area contributed by atoms with Crippen molar-refractivity contribution in [3.8, 4) is 0 Å². The van der Waals surface area contributed by atoms with Gasteiger partial charge in [-0.15, -0.1) is 0 Å². The Morgan fingerprint density at radius 3 is 2.58 bits per heavy atom. The maximum Gasteiger partial charge on any atom is 0.329 e. The molecule has 1 aliphatic heterocycles. The molecule has 0 spiro atoms. The summed E-state index contributed by atoms with van der Waals surface area (Å²) in [6, 6.07) is 5.85. The summed E-state index contributed by atoms with van der Waals surface area (Å²) in [6.45, 7) is 3.70. The number of aliphatic carboxylic acids is 1. The van der Waals surface area contributed by atoms with E-state index in [4.69, 9.17) is 4.74 Å². The molecule has 0 amide bonds. The first-order valence-corrected chi connectivity index (χ1v) is 6.34. The molecule has 104 valence electrons. The minimum atomic E-state index is -1.11. The summed E-state index contributed by atoms with van der Waals surface area (Å²) in [6.07, 6.45) is 0.397. The highest BCUT2D eigenvalue weighted by molar-refractivity contribution is 5.83. The van der Waals surface area contributed by atoms with Crippen molar-refractivity contribution in [1.82, 2.24) is 0 Å². The molecule has 1 aromatic carbocycles. The third kappa shape index (κ3) is 3.04. The van der Waals surface area contributed by atoms with Crippen molar-refractivity contribution >= 4 is 11.7 Å². The summed E-state index contributed by atoms with van der Waals surface area (Å²) in [5.74, 6) is -1.32. The lowest BCUT2D eigenvalue weighted by Gasteiger charge is -2.40. The van der Waals surface area contributed by atoms with Gasteiger partial charge >= 0.3 is 5.97 Å². The molecule has 2 unspecified atom stereocenters. The van der Waals surface area contributed by atoms with Crippen LogP contribution < -0.4 is 5.32 Å². The quantitative estimate of drug-likeness (QED) is 0.884. The Hall–Kier alpha value is -1.62. The summed E-state index contributed by atoms with van der Waals surface area (Å²) in [4.78, 5) is 11.6. The molecule has 2 rings (SSSR count). The number of benzene rings is 1. The van der Waals surface area contributed by atoms with Gasteiger partial charge in [-0.2, -0.15) is 0 Å². The Labute approximate surface area is 111 Å². The maximum absolute atomic E-state index is 13.2.